The molecule has 1 N–H and O–H groups in total. The molecule has 1 aliphatic heterocycles. The van der Waals surface area contributed by atoms with Crippen molar-refractivity contribution in [1.29, 1.82) is 0 Å². The van der Waals surface area contributed by atoms with Gasteiger partial charge in [-0.15, -0.1) is 0 Å². The van der Waals surface area contributed by atoms with E-state index in [0.29, 0.717) is 13.1 Å². The molecule has 0 aromatic heterocycles. The predicted octanol–water partition coefficient (Wildman–Crippen LogP) is 0.338. The highest BCUT2D eigenvalue weighted by Crippen LogP contribution is 2.18. The van der Waals surface area contributed by atoms with Gasteiger partial charge in [0.15, 0.2) is 11.6 Å². The summed E-state index contributed by atoms with van der Waals surface area (Å²) in [6.45, 7) is 2.77. The van der Waals surface area contributed by atoms with Crippen molar-refractivity contribution in [1.82, 2.24) is 15.1 Å². The molecule has 1 fully saturated rings. The van der Waals surface area contributed by atoms with Crippen LogP contribution in [0.5, 0.6) is 5.75 Å². The number of rotatable bonds is 4. The molecule has 2 amide bonds. The van der Waals surface area contributed by atoms with E-state index >= 15 is 0 Å². The number of amides is 2. The first-order chi connectivity index (χ1) is 10.5. The van der Waals surface area contributed by atoms with Crippen molar-refractivity contribution in [3.8, 4) is 5.75 Å². The third-order valence-electron chi connectivity index (χ3n) is 3.59. The smallest absolute Gasteiger partial charge is 0.254 e. The SMILES string of the molecule is COc1ccc(C(=O)N(C)CC(=O)N2CCNCC2)cc1F. The van der Waals surface area contributed by atoms with Gasteiger partial charge in [-0.25, -0.2) is 4.39 Å². The average molecular weight is 309 g/mol. The number of benzene rings is 1. The summed E-state index contributed by atoms with van der Waals surface area (Å²) in [4.78, 5) is 27.4. The Bertz CT molecular complexity index is 559. The second kappa shape index (κ2) is 7.22. The number of piperazine rings is 1. The van der Waals surface area contributed by atoms with Gasteiger partial charge in [0.05, 0.1) is 13.7 Å². The zero-order valence-electron chi connectivity index (χ0n) is 12.8. The van der Waals surface area contributed by atoms with Crippen LogP contribution >= 0.6 is 0 Å². The standard InChI is InChI=1S/C15H20FN3O3/c1-18(10-14(20)19-7-5-17-6-8-19)15(21)11-3-4-13(22-2)12(16)9-11/h3-4,9,17H,5-8,10H2,1-2H3. The molecule has 1 aromatic carbocycles. The van der Waals surface area contributed by atoms with Crippen LogP contribution in [0.4, 0.5) is 4.39 Å². The number of ether oxygens (including phenoxy) is 1. The van der Waals surface area contributed by atoms with Crippen molar-refractivity contribution >= 4 is 11.8 Å². The van der Waals surface area contributed by atoms with E-state index in [1.54, 1.807) is 4.90 Å². The fraction of sp³-hybridized carbons (Fsp3) is 0.467. The molecule has 1 heterocycles. The van der Waals surface area contributed by atoms with E-state index in [1.807, 2.05) is 0 Å². The molecule has 22 heavy (non-hydrogen) atoms. The largest absolute Gasteiger partial charge is 0.494 e. The van der Waals surface area contributed by atoms with E-state index < -0.39 is 11.7 Å². The van der Waals surface area contributed by atoms with Crippen LogP contribution in [0.25, 0.3) is 0 Å². The van der Waals surface area contributed by atoms with Gasteiger partial charge in [0.25, 0.3) is 5.91 Å². The maximum atomic E-state index is 13.6. The topological polar surface area (TPSA) is 61.9 Å². The first-order valence-electron chi connectivity index (χ1n) is 7.10. The molecule has 120 valence electrons. The van der Waals surface area contributed by atoms with Crippen LogP contribution in [0.15, 0.2) is 18.2 Å². The number of halogens is 1. The van der Waals surface area contributed by atoms with Crippen molar-refractivity contribution in [3.63, 3.8) is 0 Å². The Morgan fingerprint density at radius 3 is 2.64 bits per heavy atom. The van der Waals surface area contributed by atoms with E-state index in [2.05, 4.69) is 5.32 Å². The van der Waals surface area contributed by atoms with Gasteiger partial charge < -0.3 is 19.9 Å². The zero-order valence-corrected chi connectivity index (χ0v) is 12.8. The van der Waals surface area contributed by atoms with Gasteiger partial charge in [0, 0.05) is 38.8 Å². The summed E-state index contributed by atoms with van der Waals surface area (Å²) in [5.74, 6) is -1.03. The van der Waals surface area contributed by atoms with Crippen molar-refractivity contribution in [2.45, 2.75) is 0 Å². The van der Waals surface area contributed by atoms with Crippen molar-refractivity contribution in [3.05, 3.63) is 29.6 Å². The Morgan fingerprint density at radius 2 is 2.05 bits per heavy atom. The van der Waals surface area contributed by atoms with E-state index in [1.165, 1.54) is 31.2 Å². The van der Waals surface area contributed by atoms with Crippen LogP contribution in [0, 0.1) is 5.82 Å². The Hall–Kier alpha value is -2.15. The number of hydrogen-bond acceptors (Lipinski definition) is 4. The predicted molar refractivity (Wildman–Crippen MR) is 79.4 cm³/mol. The quantitative estimate of drug-likeness (QED) is 0.871. The number of carbonyl (C=O) groups is 2. The summed E-state index contributed by atoms with van der Waals surface area (Å²) >= 11 is 0. The number of nitrogens with zero attached hydrogens (tertiary/aromatic N) is 2. The van der Waals surface area contributed by atoms with E-state index in [4.69, 9.17) is 4.74 Å². The lowest BCUT2D eigenvalue weighted by atomic mass is 10.2. The number of methoxy groups -OCH3 is 1. The van der Waals surface area contributed by atoms with Crippen molar-refractivity contribution < 1.29 is 18.7 Å². The summed E-state index contributed by atoms with van der Waals surface area (Å²) < 4.78 is 18.5. The Balaban J connectivity index is 1.99. The normalized spacial score (nSPS) is 14.6. The molecule has 0 spiro atoms. The van der Waals surface area contributed by atoms with Crippen LogP contribution < -0.4 is 10.1 Å². The van der Waals surface area contributed by atoms with Crippen LogP contribution in [0.1, 0.15) is 10.4 Å². The molecule has 0 bridgehead atoms. The minimum absolute atomic E-state index is 0.0213. The zero-order chi connectivity index (χ0) is 16.1. The highest BCUT2D eigenvalue weighted by Gasteiger charge is 2.21. The van der Waals surface area contributed by atoms with Crippen LogP contribution in [0.3, 0.4) is 0 Å². The monoisotopic (exact) mass is 309 g/mol. The second-order valence-corrected chi connectivity index (χ2v) is 5.14. The summed E-state index contributed by atoms with van der Waals surface area (Å²) in [5, 5.41) is 3.16. The molecule has 0 aliphatic carbocycles. The lowest BCUT2D eigenvalue weighted by Gasteiger charge is -2.29. The van der Waals surface area contributed by atoms with Gasteiger partial charge in [-0.3, -0.25) is 9.59 Å². The molecule has 0 radical (unpaired) electrons. The maximum Gasteiger partial charge on any atom is 0.254 e. The molecule has 1 aliphatic rings. The minimum Gasteiger partial charge on any atom is -0.494 e. The summed E-state index contributed by atoms with van der Waals surface area (Å²) in [6, 6.07) is 4.00. The highest BCUT2D eigenvalue weighted by molar-refractivity contribution is 5.96. The van der Waals surface area contributed by atoms with Crippen molar-refractivity contribution in [2.24, 2.45) is 0 Å². The lowest BCUT2D eigenvalue weighted by Crippen LogP contribution is -2.49. The first kappa shape index (κ1) is 16.2. The van der Waals surface area contributed by atoms with Gasteiger partial charge in [-0.2, -0.15) is 0 Å². The maximum absolute atomic E-state index is 13.6. The fourth-order valence-corrected chi connectivity index (χ4v) is 2.31. The average Bonchev–Trinajstić information content (AvgIpc) is 2.54. The van der Waals surface area contributed by atoms with Crippen LogP contribution in [0.2, 0.25) is 0 Å². The lowest BCUT2D eigenvalue weighted by molar-refractivity contribution is -0.132. The molecule has 0 saturated carbocycles. The Labute approximate surface area is 128 Å². The molecule has 0 unspecified atom stereocenters. The van der Waals surface area contributed by atoms with Gasteiger partial charge >= 0.3 is 0 Å². The number of likely N-dealkylation sites (N-methyl/N-ethyl adjacent to an activating group) is 1. The van der Waals surface area contributed by atoms with Crippen LogP contribution in [-0.2, 0) is 4.79 Å². The van der Waals surface area contributed by atoms with Crippen molar-refractivity contribution in [2.75, 3.05) is 46.9 Å². The van der Waals surface area contributed by atoms with Gasteiger partial charge in [0.2, 0.25) is 5.91 Å². The van der Waals surface area contributed by atoms with Gasteiger partial charge in [-0.1, -0.05) is 0 Å². The highest BCUT2D eigenvalue weighted by atomic mass is 19.1. The summed E-state index contributed by atoms with van der Waals surface area (Å²) in [7, 11) is 2.89. The van der Waals surface area contributed by atoms with Crippen LogP contribution in [-0.4, -0.2) is 68.5 Å². The third-order valence-corrected chi connectivity index (χ3v) is 3.59. The Morgan fingerprint density at radius 1 is 1.36 bits per heavy atom. The minimum atomic E-state index is -0.602. The molecular formula is C15H20FN3O3. The third kappa shape index (κ3) is 3.73. The first-order valence-corrected chi connectivity index (χ1v) is 7.10. The van der Waals surface area contributed by atoms with Gasteiger partial charge in [0.1, 0.15) is 0 Å². The van der Waals surface area contributed by atoms with E-state index in [-0.39, 0.29) is 23.8 Å². The molecule has 2 rings (SSSR count). The summed E-state index contributed by atoms with van der Waals surface area (Å²) in [6.07, 6.45) is 0. The molecule has 0 atom stereocenters. The fourth-order valence-electron chi connectivity index (χ4n) is 2.31. The molecule has 1 aromatic rings. The molecule has 7 heteroatoms. The van der Waals surface area contributed by atoms with Gasteiger partial charge in [-0.05, 0) is 18.2 Å². The number of carbonyl (C=O) groups excluding carboxylic acids is 2. The molecular weight excluding hydrogens is 289 g/mol. The number of nitrogens with one attached hydrogen (secondary N) is 1. The Kier molecular flexibility index (Phi) is 5.32. The van der Waals surface area contributed by atoms with E-state index in [9.17, 15) is 14.0 Å². The molecule has 6 nitrogen and oxygen atoms in total. The summed E-state index contributed by atoms with van der Waals surface area (Å²) in [5.41, 5.74) is 0.189. The molecule has 1 saturated heterocycles. The van der Waals surface area contributed by atoms with E-state index in [0.717, 1.165) is 19.2 Å². The number of hydrogen-bond donors (Lipinski definition) is 1. The second-order valence-electron chi connectivity index (χ2n) is 5.14.